The number of carbonyl (C=O) groups is 2. The third-order valence-electron chi connectivity index (χ3n) is 4.29. The molecule has 0 spiro atoms. The van der Waals surface area contributed by atoms with Crippen LogP contribution in [-0.4, -0.2) is 27.0 Å². The average Bonchev–Trinajstić information content (AvgIpc) is 3.31. The number of furan rings is 1. The van der Waals surface area contributed by atoms with E-state index in [2.05, 4.69) is 31.4 Å². The molecule has 3 aromatic rings. The van der Waals surface area contributed by atoms with Crippen molar-refractivity contribution < 1.29 is 18.4 Å². The summed E-state index contributed by atoms with van der Waals surface area (Å²) in [7, 11) is 0. The minimum atomic E-state index is -1.34. The monoisotopic (exact) mass is 484 g/mol. The maximum atomic E-state index is 13.0. The number of halogens is 3. The van der Waals surface area contributed by atoms with Crippen LogP contribution in [0.2, 0.25) is 10.0 Å². The van der Waals surface area contributed by atoms with Crippen molar-refractivity contribution in [3.05, 3.63) is 56.5 Å². The lowest BCUT2D eigenvalue weighted by Crippen LogP contribution is -2.41. The fraction of sp³-hybridized carbons (Fsp3) is 0.176. The summed E-state index contributed by atoms with van der Waals surface area (Å²) >= 11 is 15.3. The smallest absolute Gasteiger partial charge is 0.325 e. The molecule has 2 aromatic heterocycles. The van der Waals surface area contributed by atoms with Crippen LogP contribution >= 0.6 is 39.1 Å². The molecule has 1 atom stereocenters. The van der Waals surface area contributed by atoms with E-state index in [4.69, 9.17) is 32.0 Å². The lowest BCUT2D eigenvalue weighted by atomic mass is 9.92. The van der Waals surface area contributed by atoms with Crippen molar-refractivity contribution in [1.29, 1.82) is 0 Å². The van der Waals surface area contributed by atoms with E-state index in [1.165, 1.54) is 6.07 Å². The summed E-state index contributed by atoms with van der Waals surface area (Å²) in [5.74, 6) is 0.0801. The number of carbonyl (C=O) groups excluding carboxylic acids is 2. The second-order valence-electron chi connectivity index (χ2n) is 6.18. The van der Waals surface area contributed by atoms with Gasteiger partial charge in [-0.3, -0.25) is 9.69 Å². The van der Waals surface area contributed by atoms with Crippen LogP contribution in [0.25, 0.3) is 11.7 Å². The Labute approximate surface area is 176 Å². The molecule has 0 aliphatic carbocycles. The van der Waals surface area contributed by atoms with Crippen molar-refractivity contribution in [3.8, 4) is 11.7 Å². The Hall–Kier alpha value is -2.36. The number of urea groups is 1. The molecular formula is C17H11BrCl2N4O4. The Kier molecular flexibility index (Phi) is 4.68. The van der Waals surface area contributed by atoms with E-state index in [1.54, 1.807) is 31.2 Å². The molecule has 0 radical (unpaired) electrons. The molecule has 1 aromatic carbocycles. The Morgan fingerprint density at radius 3 is 2.64 bits per heavy atom. The maximum Gasteiger partial charge on any atom is 0.325 e. The third-order valence-corrected chi connectivity index (χ3v) is 5.26. The van der Waals surface area contributed by atoms with Gasteiger partial charge >= 0.3 is 6.03 Å². The van der Waals surface area contributed by atoms with E-state index in [1.807, 2.05) is 0 Å². The zero-order chi connectivity index (χ0) is 20.1. The minimum absolute atomic E-state index is 0.0810. The van der Waals surface area contributed by atoms with E-state index in [9.17, 15) is 9.59 Å². The maximum absolute atomic E-state index is 13.0. The molecule has 1 fully saturated rings. The Bertz CT molecular complexity index is 1100. The van der Waals surface area contributed by atoms with Crippen molar-refractivity contribution in [1.82, 2.24) is 20.4 Å². The molecule has 3 heterocycles. The number of rotatable bonds is 4. The van der Waals surface area contributed by atoms with E-state index in [-0.39, 0.29) is 23.3 Å². The molecule has 0 saturated carbocycles. The lowest BCUT2D eigenvalue weighted by Gasteiger charge is -2.23. The van der Waals surface area contributed by atoms with E-state index >= 15 is 0 Å². The average molecular weight is 486 g/mol. The van der Waals surface area contributed by atoms with Crippen LogP contribution in [-0.2, 0) is 16.9 Å². The summed E-state index contributed by atoms with van der Waals surface area (Å²) in [5.41, 5.74) is -0.904. The molecule has 1 saturated heterocycles. The van der Waals surface area contributed by atoms with Crippen LogP contribution < -0.4 is 5.32 Å². The van der Waals surface area contributed by atoms with Crippen molar-refractivity contribution >= 4 is 51.1 Å². The lowest BCUT2D eigenvalue weighted by molar-refractivity contribution is -0.131. The third kappa shape index (κ3) is 3.19. The van der Waals surface area contributed by atoms with Gasteiger partial charge in [-0.15, -0.1) is 10.2 Å². The molecule has 1 aliphatic heterocycles. The van der Waals surface area contributed by atoms with Crippen LogP contribution in [0.4, 0.5) is 4.79 Å². The predicted molar refractivity (Wildman–Crippen MR) is 103 cm³/mol. The molecular weight excluding hydrogens is 475 g/mol. The highest BCUT2D eigenvalue weighted by molar-refractivity contribution is 9.10. The fourth-order valence-electron chi connectivity index (χ4n) is 2.90. The minimum Gasteiger partial charge on any atom is -0.444 e. The summed E-state index contributed by atoms with van der Waals surface area (Å²) in [6, 6.07) is 7.44. The highest BCUT2D eigenvalue weighted by Gasteiger charge is 2.50. The van der Waals surface area contributed by atoms with E-state index < -0.39 is 17.5 Å². The summed E-state index contributed by atoms with van der Waals surface area (Å²) in [4.78, 5) is 26.4. The number of aromatic nitrogens is 2. The Balaban J connectivity index is 1.59. The van der Waals surface area contributed by atoms with Crippen LogP contribution in [0.15, 0.2) is 43.8 Å². The topological polar surface area (TPSA) is 101 Å². The van der Waals surface area contributed by atoms with E-state index in [0.717, 1.165) is 4.90 Å². The highest BCUT2D eigenvalue weighted by Crippen LogP contribution is 2.35. The van der Waals surface area contributed by atoms with Crippen molar-refractivity contribution in [2.45, 2.75) is 19.0 Å². The van der Waals surface area contributed by atoms with Crippen LogP contribution in [0.5, 0.6) is 0 Å². The van der Waals surface area contributed by atoms with Gasteiger partial charge in [0.1, 0.15) is 12.1 Å². The first-order valence-corrected chi connectivity index (χ1v) is 9.50. The van der Waals surface area contributed by atoms with Gasteiger partial charge in [0.05, 0.1) is 0 Å². The van der Waals surface area contributed by atoms with Gasteiger partial charge in [0.25, 0.3) is 11.8 Å². The van der Waals surface area contributed by atoms with E-state index in [0.29, 0.717) is 21.0 Å². The molecule has 11 heteroatoms. The first-order chi connectivity index (χ1) is 13.3. The molecule has 1 unspecified atom stereocenters. The molecule has 0 bridgehead atoms. The van der Waals surface area contributed by atoms with Crippen LogP contribution in [0.1, 0.15) is 18.4 Å². The Morgan fingerprint density at radius 2 is 1.96 bits per heavy atom. The zero-order valence-electron chi connectivity index (χ0n) is 14.2. The van der Waals surface area contributed by atoms with Crippen molar-refractivity contribution in [2.24, 2.45) is 0 Å². The van der Waals surface area contributed by atoms with Gasteiger partial charge in [-0.25, -0.2) is 4.79 Å². The summed E-state index contributed by atoms with van der Waals surface area (Å²) < 4.78 is 11.4. The van der Waals surface area contributed by atoms with Gasteiger partial charge in [-0.05, 0) is 47.1 Å². The Morgan fingerprint density at radius 1 is 1.18 bits per heavy atom. The molecule has 3 amide bonds. The largest absolute Gasteiger partial charge is 0.444 e. The van der Waals surface area contributed by atoms with Gasteiger partial charge in [0, 0.05) is 15.6 Å². The number of nitrogens with one attached hydrogen (secondary N) is 1. The summed E-state index contributed by atoms with van der Waals surface area (Å²) in [6.45, 7) is 1.38. The molecule has 4 rings (SSSR count). The number of benzene rings is 1. The highest BCUT2D eigenvalue weighted by atomic mass is 79.9. The van der Waals surface area contributed by atoms with Crippen molar-refractivity contribution in [2.75, 3.05) is 0 Å². The van der Waals surface area contributed by atoms with Crippen LogP contribution in [0.3, 0.4) is 0 Å². The first kappa shape index (κ1) is 19.0. The molecule has 28 heavy (non-hydrogen) atoms. The second-order valence-corrected chi connectivity index (χ2v) is 7.80. The second kappa shape index (κ2) is 6.91. The number of nitrogens with zero attached hydrogens (tertiary/aromatic N) is 3. The molecule has 1 N–H and O–H groups in total. The van der Waals surface area contributed by atoms with Gasteiger partial charge < -0.3 is 14.2 Å². The summed E-state index contributed by atoms with van der Waals surface area (Å²) in [5, 5.41) is 11.1. The first-order valence-electron chi connectivity index (χ1n) is 7.95. The quantitative estimate of drug-likeness (QED) is 0.550. The van der Waals surface area contributed by atoms with Gasteiger partial charge in [-0.2, -0.15) is 0 Å². The van der Waals surface area contributed by atoms with Crippen LogP contribution in [0, 0.1) is 0 Å². The summed E-state index contributed by atoms with van der Waals surface area (Å²) in [6.07, 6.45) is 0. The fourth-order valence-corrected chi connectivity index (χ4v) is 3.80. The number of amides is 3. The standard InChI is InChI=1S/C17H11BrCl2N4O4/c1-17(9-3-2-8(19)6-10(9)20)15(25)24(16(26)21-17)7-13-22-23-14(28-13)11-4-5-12(18)27-11/h2-6H,7H2,1H3,(H,21,26). The molecule has 8 nitrogen and oxygen atoms in total. The van der Waals surface area contributed by atoms with Gasteiger partial charge in [0.2, 0.25) is 5.89 Å². The van der Waals surface area contributed by atoms with Gasteiger partial charge in [0.15, 0.2) is 10.4 Å². The number of hydrogen-bond acceptors (Lipinski definition) is 6. The molecule has 144 valence electrons. The number of imide groups is 1. The predicted octanol–water partition coefficient (Wildman–Crippen LogP) is 4.37. The number of hydrogen-bond donors (Lipinski definition) is 1. The van der Waals surface area contributed by atoms with Gasteiger partial charge in [-0.1, -0.05) is 29.3 Å². The SMILES string of the molecule is CC1(c2ccc(Cl)cc2Cl)NC(=O)N(Cc2nnc(-c3ccc(Br)o3)o2)C1=O. The normalized spacial score (nSPS) is 19.4. The van der Waals surface area contributed by atoms with Crippen molar-refractivity contribution in [3.63, 3.8) is 0 Å². The molecule has 1 aliphatic rings. The zero-order valence-corrected chi connectivity index (χ0v) is 17.3.